The average molecular weight is 315 g/mol. The number of hydrogen-bond acceptors (Lipinski definition) is 0. The van der Waals surface area contributed by atoms with Gasteiger partial charge in [0.05, 0.1) is 0 Å². The first kappa shape index (κ1) is 12.8. The van der Waals surface area contributed by atoms with Crippen molar-refractivity contribution in [1.82, 2.24) is 9.97 Å². The fourth-order valence-corrected chi connectivity index (χ4v) is 3.14. The van der Waals surface area contributed by atoms with E-state index in [2.05, 4.69) is 9.97 Å². The molecule has 2 aromatic heterocycles. The van der Waals surface area contributed by atoms with Gasteiger partial charge in [0.2, 0.25) is 0 Å². The van der Waals surface area contributed by atoms with Crippen molar-refractivity contribution >= 4 is 45.0 Å². The molecule has 0 saturated carbocycles. The highest BCUT2D eigenvalue weighted by molar-refractivity contribution is 6.31. The molecule has 2 aromatic carbocycles. The summed E-state index contributed by atoms with van der Waals surface area (Å²) in [5.41, 5.74) is 4.67. The van der Waals surface area contributed by atoms with Gasteiger partial charge in [0.1, 0.15) is 0 Å². The van der Waals surface area contributed by atoms with Gasteiger partial charge in [-0.05, 0) is 47.5 Å². The van der Waals surface area contributed by atoms with Crippen LogP contribution in [0.2, 0.25) is 10.0 Å². The maximum Gasteiger partial charge on any atom is 0.0457 e. The van der Waals surface area contributed by atoms with Crippen LogP contribution in [0, 0.1) is 0 Å². The Morgan fingerprint density at radius 1 is 0.714 bits per heavy atom. The molecule has 4 rings (SSSR count). The number of benzene rings is 2. The third-order valence-electron chi connectivity index (χ3n) is 3.84. The van der Waals surface area contributed by atoms with E-state index in [-0.39, 0.29) is 0 Å². The van der Waals surface area contributed by atoms with Gasteiger partial charge in [-0.3, -0.25) is 0 Å². The van der Waals surface area contributed by atoms with Crippen molar-refractivity contribution in [2.24, 2.45) is 0 Å². The predicted molar refractivity (Wildman–Crippen MR) is 89.4 cm³/mol. The highest BCUT2D eigenvalue weighted by atomic mass is 35.5. The van der Waals surface area contributed by atoms with Gasteiger partial charge in [-0.15, -0.1) is 0 Å². The Hall–Kier alpha value is -1.90. The van der Waals surface area contributed by atoms with E-state index in [1.807, 2.05) is 48.8 Å². The number of rotatable bonds is 2. The van der Waals surface area contributed by atoms with E-state index >= 15 is 0 Å². The highest BCUT2D eigenvalue weighted by Gasteiger charge is 2.09. The summed E-state index contributed by atoms with van der Waals surface area (Å²) in [4.78, 5) is 6.58. The van der Waals surface area contributed by atoms with Crippen molar-refractivity contribution in [2.75, 3.05) is 0 Å². The number of hydrogen-bond donors (Lipinski definition) is 2. The van der Waals surface area contributed by atoms with Crippen LogP contribution in [0.15, 0.2) is 48.8 Å². The van der Waals surface area contributed by atoms with E-state index < -0.39 is 0 Å². The lowest BCUT2D eigenvalue weighted by molar-refractivity contribution is 1.22. The smallest absolute Gasteiger partial charge is 0.0457 e. The largest absolute Gasteiger partial charge is 0.361 e. The standard InChI is InChI=1S/C17H12Cl2N2/c18-12-1-3-16-14(6-12)10(8-20-16)5-11-9-21-17-4-2-13(19)7-15(11)17/h1-4,6-9,20-21H,5H2. The summed E-state index contributed by atoms with van der Waals surface area (Å²) >= 11 is 12.2. The maximum absolute atomic E-state index is 6.11. The van der Waals surface area contributed by atoms with Gasteiger partial charge >= 0.3 is 0 Å². The van der Waals surface area contributed by atoms with Gasteiger partial charge in [0, 0.05) is 50.7 Å². The normalized spacial score (nSPS) is 11.5. The van der Waals surface area contributed by atoms with Crippen LogP contribution in [0.25, 0.3) is 21.8 Å². The lowest BCUT2D eigenvalue weighted by atomic mass is 10.0. The van der Waals surface area contributed by atoms with Crippen molar-refractivity contribution in [3.8, 4) is 0 Å². The van der Waals surface area contributed by atoms with Crippen molar-refractivity contribution in [3.63, 3.8) is 0 Å². The zero-order valence-corrected chi connectivity index (χ0v) is 12.6. The lowest BCUT2D eigenvalue weighted by Gasteiger charge is -2.00. The van der Waals surface area contributed by atoms with Crippen molar-refractivity contribution in [2.45, 2.75) is 6.42 Å². The van der Waals surface area contributed by atoms with Gasteiger partial charge in [0.25, 0.3) is 0 Å². The minimum atomic E-state index is 0.755. The molecule has 0 amide bonds. The number of aromatic nitrogens is 2. The molecule has 2 heterocycles. The summed E-state index contributed by atoms with van der Waals surface area (Å²) in [6, 6.07) is 11.8. The number of fused-ring (bicyclic) bond motifs is 2. The van der Waals surface area contributed by atoms with E-state index in [0.29, 0.717) is 0 Å². The first-order valence-corrected chi connectivity index (χ1v) is 7.47. The van der Waals surface area contributed by atoms with Crippen LogP contribution in [-0.2, 0) is 6.42 Å². The van der Waals surface area contributed by atoms with Crippen LogP contribution in [-0.4, -0.2) is 9.97 Å². The molecule has 0 radical (unpaired) electrons. The fourth-order valence-electron chi connectivity index (χ4n) is 2.80. The Morgan fingerprint density at radius 2 is 1.19 bits per heavy atom. The van der Waals surface area contributed by atoms with Crippen LogP contribution in [0.5, 0.6) is 0 Å². The second kappa shape index (κ2) is 4.83. The summed E-state index contributed by atoms with van der Waals surface area (Å²) in [6.45, 7) is 0. The third-order valence-corrected chi connectivity index (χ3v) is 4.31. The summed E-state index contributed by atoms with van der Waals surface area (Å²) in [5, 5.41) is 3.84. The minimum absolute atomic E-state index is 0.755. The van der Waals surface area contributed by atoms with Crippen LogP contribution in [0.3, 0.4) is 0 Å². The van der Waals surface area contributed by atoms with E-state index in [1.165, 1.54) is 21.9 Å². The predicted octanol–water partition coefficient (Wildman–Crippen LogP) is 5.55. The summed E-state index contributed by atoms with van der Waals surface area (Å²) in [6.07, 6.45) is 4.93. The second-order valence-electron chi connectivity index (χ2n) is 5.18. The Morgan fingerprint density at radius 3 is 1.67 bits per heavy atom. The van der Waals surface area contributed by atoms with E-state index in [1.54, 1.807) is 0 Å². The molecular formula is C17H12Cl2N2. The average Bonchev–Trinajstić information content (AvgIpc) is 3.04. The van der Waals surface area contributed by atoms with Crippen molar-refractivity contribution in [3.05, 3.63) is 70.0 Å². The first-order chi connectivity index (χ1) is 10.2. The number of halogens is 2. The van der Waals surface area contributed by atoms with Gasteiger partial charge in [-0.1, -0.05) is 23.2 Å². The molecule has 0 spiro atoms. The molecule has 2 N–H and O–H groups in total. The van der Waals surface area contributed by atoms with Gasteiger partial charge in [-0.2, -0.15) is 0 Å². The minimum Gasteiger partial charge on any atom is -0.361 e. The van der Waals surface area contributed by atoms with Gasteiger partial charge < -0.3 is 9.97 Å². The van der Waals surface area contributed by atoms with E-state index in [0.717, 1.165) is 27.5 Å². The number of H-pyrrole nitrogens is 2. The molecule has 0 aliphatic heterocycles. The zero-order valence-electron chi connectivity index (χ0n) is 11.1. The molecule has 0 bridgehead atoms. The third kappa shape index (κ3) is 2.21. The van der Waals surface area contributed by atoms with Crippen LogP contribution < -0.4 is 0 Å². The number of aromatic amines is 2. The van der Waals surface area contributed by atoms with Crippen LogP contribution in [0.4, 0.5) is 0 Å². The topological polar surface area (TPSA) is 31.6 Å². The Labute approximate surface area is 131 Å². The molecule has 21 heavy (non-hydrogen) atoms. The molecule has 0 aliphatic carbocycles. The molecule has 2 nitrogen and oxygen atoms in total. The molecule has 0 unspecified atom stereocenters. The van der Waals surface area contributed by atoms with Gasteiger partial charge in [0.15, 0.2) is 0 Å². The van der Waals surface area contributed by atoms with E-state index in [9.17, 15) is 0 Å². The summed E-state index contributed by atoms with van der Waals surface area (Å²) < 4.78 is 0. The quantitative estimate of drug-likeness (QED) is 0.486. The maximum atomic E-state index is 6.11. The summed E-state index contributed by atoms with van der Waals surface area (Å²) in [5.74, 6) is 0. The van der Waals surface area contributed by atoms with Crippen molar-refractivity contribution in [1.29, 1.82) is 0 Å². The van der Waals surface area contributed by atoms with Crippen LogP contribution >= 0.6 is 23.2 Å². The second-order valence-corrected chi connectivity index (χ2v) is 6.06. The molecular weight excluding hydrogens is 303 g/mol. The number of nitrogens with one attached hydrogen (secondary N) is 2. The molecule has 0 fully saturated rings. The Bertz CT molecular complexity index is 872. The molecule has 0 atom stereocenters. The first-order valence-electron chi connectivity index (χ1n) is 6.72. The SMILES string of the molecule is Clc1ccc2[nH]cc(Cc3c[nH]c4ccc(Cl)cc34)c2c1. The Balaban J connectivity index is 1.82. The lowest BCUT2D eigenvalue weighted by Crippen LogP contribution is -1.85. The molecule has 4 heteroatoms. The summed E-state index contributed by atoms with van der Waals surface area (Å²) in [7, 11) is 0. The van der Waals surface area contributed by atoms with Crippen molar-refractivity contribution < 1.29 is 0 Å². The molecule has 104 valence electrons. The highest BCUT2D eigenvalue weighted by Crippen LogP contribution is 2.28. The van der Waals surface area contributed by atoms with Crippen LogP contribution in [0.1, 0.15) is 11.1 Å². The fraction of sp³-hybridized carbons (Fsp3) is 0.0588. The molecule has 0 saturated heterocycles. The zero-order chi connectivity index (χ0) is 14.4. The Kier molecular flexibility index (Phi) is 2.95. The van der Waals surface area contributed by atoms with E-state index in [4.69, 9.17) is 23.2 Å². The monoisotopic (exact) mass is 314 g/mol. The van der Waals surface area contributed by atoms with Gasteiger partial charge in [-0.25, -0.2) is 0 Å². The molecule has 4 aromatic rings. The molecule has 0 aliphatic rings.